The van der Waals surface area contributed by atoms with Gasteiger partial charge >= 0.3 is 0 Å². The van der Waals surface area contributed by atoms with Crippen LogP contribution in [0.1, 0.15) is 52.4 Å². The molecule has 15 heavy (non-hydrogen) atoms. The molecule has 0 aromatic heterocycles. The van der Waals surface area contributed by atoms with E-state index in [1.54, 1.807) is 7.11 Å². The Labute approximate surface area is 99.9 Å². The van der Waals surface area contributed by atoms with Crippen molar-refractivity contribution in [3.8, 4) is 0 Å². The first-order chi connectivity index (χ1) is 7.05. The lowest BCUT2D eigenvalue weighted by Gasteiger charge is -2.32. The molecule has 0 radical (unpaired) electrons. The van der Waals surface area contributed by atoms with Gasteiger partial charge in [-0.2, -0.15) is 0 Å². The average molecular weight is 231 g/mol. The zero-order valence-electron chi connectivity index (χ0n) is 10.3. The van der Waals surface area contributed by atoms with Crippen molar-refractivity contribution < 1.29 is 4.74 Å². The molecule has 90 valence electrons. The van der Waals surface area contributed by atoms with E-state index in [2.05, 4.69) is 31.0 Å². The molecule has 1 saturated carbocycles. The van der Waals surface area contributed by atoms with E-state index in [1.165, 1.54) is 32.1 Å². The molecule has 1 fully saturated rings. The van der Waals surface area contributed by atoms with E-state index in [4.69, 9.17) is 4.74 Å². The van der Waals surface area contributed by atoms with Gasteiger partial charge in [-0.1, -0.05) is 32.1 Å². The number of methoxy groups -OCH3 is 1. The first-order valence-electron chi connectivity index (χ1n) is 6.06. The predicted molar refractivity (Wildman–Crippen MR) is 68.3 cm³/mol. The Morgan fingerprint density at radius 2 is 1.87 bits per heavy atom. The Bertz CT molecular complexity index is 178. The van der Waals surface area contributed by atoms with Crippen LogP contribution in [-0.4, -0.2) is 29.6 Å². The van der Waals surface area contributed by atoms with Crippen molar-refractivity contribution in [1.29, 1.82) is 0 Å². The normalized spacial score (nSPS) is 19.8. The summed E-state index contributed by atoms with van der Waals surface area (Å²) in [4.78, 5) is 0. The van der Waals surface area contributed by atoms with Crippen LogP contribution in [0.5, 0.6) is 0 Å². The molecule has 0 spiro atoms. The zero-order chi connectivity index (χ0) is 11.3. The van der Waals surface area contributed by atoms with Gasteiger partial charge in [0.05, 0.1) is 5.60 Å². The lowest BCUT2D eigenvalue weighted by Crippen LogP contribution is -2.34. The van der Waals surface area contributed by atoms with Gasteiger partial charge in [0.25, 0.3) is 0 Å². The highest BCUT2D eigenvalue weighted by Crippen LogP contribution is 2.25. The van der Waals surface area contributed by atoms with Crippen LogP contribution in [0, 0.1) is 0 Å². The zero-order valence-corrected chi connectivity index (χ0v) is 11.2. The maximum Gasteiger partial charge on any atom is 0.0635 e. The average Bonchev–Trinajstić information content (AvgIpc) is 2.27. The summed E-state index contributed by atoms with van der Waals surface area (Å²) in [6, 6.07) is 0.690. The minimum Gasteiger partial charge on any atom is -0.379 e. The molecule has 0 saturated heterocycles. The molecule has 0 aromatic carbocycles. The van der Waals surface area contributed by atoms with E-state index < -0.39 is 0 Å². The third-order valence-corrected chi connectivity index (χ3v) is 4.02. The quantitative estimate of drug-likeness (QED) is 0.729. The van der Waals surface area contributed by atoms with Gasteiger partial charge in [0.15, 0.2) is 0 Å². The van der Waals surface area contributed by atoms with E-state index in [-0.39, 0.29) is 5.60 Å². The highest BCUT2D eigenvalue weighted by atomic mass is 32.1. The van der Waals surface area contributed by atoms with Gasteiger partial charge in [0.1, 0.15) is 0 Å². The third-order valence-electron chi connectivity index (χ3n) is 3.49. The van der Waals surface area contributed by atoms with Crippen molar-refractivity contribution in [2.75, 3.05) is 13.7 Å². The number of hydrogen-bond acceptors (Lipinski definition) is 3. The highest BCUT2D eigenvalue weighted by molar-refractivity contribution is 7.77. The number of ether oxygens (including phenoxy) is 1. The summed E-state index contributed by atoms with van der Waals surface area (Å²) >= 11 is 4.60. The first kappa shape index (κ1) is 13.3. The molecule has 0 aliphatic heterocycles. The van der Waals surface area contributed by atoms with E-state index in [0.717, 1.165) is 13.0 Å². The molecule has 1 aliphatic carbocycles. The van der Waals surface area contributed by atoms with E-state index in [0.29, 0.717) is 6.04 Å². The lowest BCUT2D eigenvalue weighted by molar-refractivity contribution is 0.0106. The maximum absolute atomic E-state index is 5.41. The van der Waals surface area contributed by atoms with Gasteiger partial charge in [-0.15, -0.1) is 0 Å². The van der Waals surface area contributed by atoms with Gasteiger partial charge < -0.3 is 4.74 Å². The highest BCUT2D eigenvalue weighted by Gasteiger charge is 2.22. The first-order valence-corrected chi connectivity index (χ1v) is 6.46. The van der Waals surface area contributed by atoms with Crippen LogP contribution in [0.2, 0.25) is 0 Å². The lowest BCUT2D eigenvalue weighted by atomic mass is 9.95. The SMILES string of the molecule is COC(C)(C)CCN(S)C1CCCCC1. The smallest absolute Gasteiger partial charge is 0.0635 e. The summed E-state index contributed by atoms with van der Waals surface area (Å²) in [6.07, 6.45) is 7.82. The molecule has 1 rings (SSSR count). The van der Waals surface area contributed by atoms with Crippen molar-refractivity contribution in [3.63, 3.8) is 0 Å². The number of nitrogens with zero attached hydrogens (tertiary/aromatic N) is 1. The Morgan fingerprint density at radius 1 is 1.27 bits per heavy atom. The fourth-order valence-corrected chi connectivity index (χ4v) is 2.38. The monoisotopic (exact) mass is 231 g/mol. The number of rotatable bonds is 5. The molecule has 0 N–H and O–H groups in total. The fraction of sp³-hybridized carbons (Fsp3) is 1.00. The molecular weight excluding hydrogens is 206 g/mol. The molecular formula is C12H25NOS. The summed E-state index contributed by atoms with van der Waals surface area (Å²) in [5, 5.41) is 0. The van der Waals surface area contributed by atoms with Crippen molar-refractivity contribution in [1.82, 2.24) is 4.31 Å². The van der Waals surface area contributed by atoms with Gasteiger partial charge in [-0.05, 0) is 33.1 Å². The molecule has 0 heterocycles. The second kappa shape index (κ2) is 6.12. The molecule has 1 aliphatic rings. The van der Waals surface area contributed by atoms with Crippen LogP contribution in [0.15, 0.2) is 0 Å². The summed E-state index contributed by atoms with van der Waals surface area (Å²) in [5.74, 6) is 0. The Hall–Kier alpha value is 0.270. The molecule has 0 unspecified atom stereocenters. The molecule has 2 nitrogen and oxygen atoms in total. The second-order valence-electron chi connectivity index (χ2n) is 5.17. The van der Waals surface area contributed by atoms with Crippen LogP contribution < -0.4 is 0 Å². The van der Waals surface area contributed by atoms with E-state index >= 15 is 0 Å². The summed E-state index contributed by atoms with van der Waals surface area (Å²) < 4.78 is 7.64. The van der Waals surface area contributed by atoms with Gasteiger partial charge in [-0.25, -0.2) is 0 Å². The van der Waals surface area contributed by atoms with Crippen molar-refractivity contribution in [2.45, 2.75) is 64.0 Å². The summed E-state index contributed by atoms with van der Waals surface area (Å²) in [5.41, 5.74) is -0.0182. The van der Waals surface area contributed by atoms with Crippen LogP contribution in [0.25, 0.3) is 0 Å². The number of hydrogen-bond donors (Lipinski definition) is 1. The van der Waals surface area contributed by atoms with Crippen LogP contribution >= 0.6 is 12.8 Å². The van der Waals surface area contributed by atoms with Crippen LogP contribution in [0.4, 0.5) is 0 Å². The molecule has 0 aromatic rings. The standard InChI is InChI=1S/C12H25NOS/c1-12(2,14-3)9-10-13(15)11-7-5-4-6-8-11/h11,15H,4-10H2,1-3H3. The topological polar surface area (TPSA) is 12.5 Å². The van der Waals surface area contributed by atoms with Crippen molar-refractivity contribution in [3.05, 3.63) is 0 Å². The van der Waals surface area contributed by atoms with Gasteiger partial charge in [0, 0.05) is 19.7 Å². The van der Waals surface area contributed by atoms with Crippen molar-refractivity contribution >= 4 is 12.8 Å². The molecule has 0 atom stereocenters. The second-order valence-corrected chi connectivity index (χ2v) is 5.68. The van der Waals surface area contributed by atoms with Crippen LogP contribution in [0.3, 0.4) is 0 Å². The Balaban J connectivity index is 2.25. The van der Waals surface area contributed by atoms with E-state index in [1.807, 2.05) is 0 Å². The molecule has 3 heteroatoms. The largest absolute Gasteiger partial charge is 0.379 e. The molecule has 0 amide bonds. The summed E-state index contributed by atoms with van der Waals surface area (Å²) in [6.45, 7) is 5.29. The van der Waals surface area contributed by atoms with Gasteiger partial charge in [0.2, 0.25) is 0 Å². The maximum atomic E-state index is 5.41. The third kappa shape index (κ3) is 4.75. The number of thiol groups is 1. The van der Waals surface area contributed by atoms with E-state index in [9.17, 15) is 0 Å². The predicted octanol–water partition coefficient (Wildman–Crippen LogP) is 3.28. The summed E-state index contributed by atoms with van der Waals surface area (Å²) in [7, 11) is 1.78. The minimum absolute atomic E-state index is 0.0182. The van der Waals surface area contributed by atoms with Gasteiger partial charge in [-0.3, -0.25) is 4.31 Å². The Kier molecular flexibility index (Phi) is 5.44. The fourth-order valence-electron chi connectivity index (χ4n) is 2.05. The minimum atomic E-state index is -0.0182. The molecule has 0 bridgehead atoms. The Morgan fingerprint density at radius 3 is 2.40 bits per heavy atom. The van der Waals surface area contributed by atoms with Crippen molar-refractivity contribution in [2.24, 2.45) is 0 Å². The van der Waals surface area contributed by atoms with Crippen LogP contribution in [-0.2, 0) is 4.74 Å².